The molecule has 0 bridgehead atoms. The van der Waals surface area contributed by atoms with Crippen LogP contribution in [0.3, 0.4) is 0 Å². The summed E-state index contributed by atoms with van der Waals surface area (Å²) in [7, 11) is 0. The standard InChI is InChI=1S/C15H11IN6O10/c23-17(9-1-3-11-13(5-9)21(27)31-19(11)25)29-8-16-7-15(16)30-18(24)10-2-4-12-14(6-10)22(28)32-20(12)26/h1-6,15H,7-8H2/q-6. The van der Waals surface area contributed by atoms with Crippen molar-refractivity contribution >= 4 is 53.9 Å². The molecule has 0 radical (unpaired) electrons. The van der Waals surface area contributed by atoms with Crippen LogP contribution in [0, 0.1) is 31.2 Å². The van der Waals surface area contributed by atoms with Gasteiger partial charge >= 0.3 is 186 Å². The van der Waals surface area contributed by atoms with Crippen molar-refractivity contribution in [1.29, 1.82) is 0 Å². The molecule has 1 unspecified atom stereocenters. The van der Waals surface area contributed by atoms with Gasteiger partial charge < -0.3 is 0 Å². The topological polar surface area (TPSA) is 195 Å². The van der Waals surface area contributed by atoms with Crippen LogP contribution in [0.4, 0.5) is 34.1 Å². The van der Waals surface area contributed by atoms with Crippen LogP contribution in [0.15, 0.2) is 36.4 Å². The maximum absolute atomic E-state index is 12.2. The summed E-state index contributed by atoms with van der Waals surface area (Å²) >= 11 is -1.90. The zero-order valence-electron chi connectivity index (χ0n) is 15.6. The number of hydrogen-bond acceptors (Lipinski definition) is 16. The van der Waals surface area contributed by atoms with Gasteiger partial charge in [0, 0.05) is 0 Å². The molecule has 0 aromatic heterocycles. The molecule has 0 N–H and O–H groups in total. The zero-order valence-corrected chi connectivity index (χ0v) is 17.8. The Morgan fingerprint density at radius 1 is 0.812 bits per heavy atom. The van der Waals surface area contributed by atoms with Gasteiger partial charge in [-0.15, -0.1) is 0 Å². The summed E-state index contributed by atoms with van der Waals surface area (Å²) in [6, 6.07) is 7.40. The van der Waals surface area contributed by atoms with Gasteiger partial charge in [-0.2, -0.15) is 0 Å². The molecule has 3 aliphatic heterocycles. The molecule has 0 spiro atoms. The quantitative estimate of drug-likeness (QED) is 0.271. The zero-order chi connectivity index (χ0) is 22.6. The van der Waals surface area contributed by atoms with Crippen LogP contribution in [0.25, 0.3) is 0 Å². The fraction of sp³-hybridized carbons (Fsp3) is 0.200. The van der Waals surface area contributed by atoms with Crippen molar-refractivity contribution < 1.29 is 19.6 Å². The second-order valence-corrected chi connectivity index (χ2v) is 12.2. The van der Waals surface area contributed by atoms with Crippen LogP contribution in [0.2, 0.25) is 0 Å². The first-order chi connectivity index (χ1) is 15.3. The molecule has 17 heteroatoms. The van der Waals surface area contributed by atoms with Crippen LogP contribution in [-0.4, -0.2) is 13.2 Å². The maximum atomic E-state index is 12.2. The van der Waals surface area contributed by atoms with Crippen LogP contribution in [0.5, 0.6) is 0 Å². The second-order valence-electron chi connectivity index (χ2n) is 6.46. The number of benzene rings is 2. The predicted octanol–water partition coefficient (Wildman–Crippen LogP) is 2.60. The monoisotopic (exact) mass is 562 g/mol. The first-order valence-corrected chi connectivity index (χ1v) is 13.0. The van der Waals surface area contributed by atoms with Gasteiger partial charge in [-0.1, -0.05) is 0 Å². The summed E-state index contributed by atoms with van der Waals surface area (Å²) in [6.45, 7) is 0. The number of nitrogens with zero attached hydrogens (tertiary/aromatic N) is 6. The fourth-order valence-electron chi connectivity index (χ4n) is 2.83. The van der Waals surface area contributed by atoms with Gasteiger partial charge in [0.25, 0.3) is 0 Å². The summed E-state index contributed by atoms with van der Waals surface area (Å²) in [5.74, 6) is 0. The molecule has 1 saturated heterocycles. The van der Waals surface area contributed by atoms with Gasteiger partial charge in [-0.3, -0.25) is 0 Å². The third kappa shape index (κ3) is 3.91. The van der Waals surface area contributed by atoms with E-state index in [2.05, 4.69) is 9.88 Å². The normalized spacial score (nSPS) is 20.1. The minimum atomic E-state index is -1.90. The summed E-state index contributed by atoms with van der Waals surface area (Å²) in [5.41, 5.74) is -0.365. The van der Waals surface area contributed by atoms with Crippen LogP contribution in [-0.2, 0) is 19.6 Å². The molecule has 3 aliphatic rings. The molecular formula is C15H11IN6O10-6. The van der Waals surface area contributed by atoms with E-state index in [0.29, 0.717) is 4.43 Å². The first kappa shape index (κ1) is 21.4. The molecule has 0 aliphatic carbocycles. The molecular weight excluding hydrogens is 551 g/mol. The molecule has 3 heterocycles. The number of anilines is 6. The van der Waals surface area contributed by atoms with Gasteiger partial charge in [0.1, 0.15) is 0 Å². The Labute approximate surface area is 185 Å². The number of hydrogen-bond donors (Lipinski definition) is 0. The average Bonchev–Trinajstić information content (AvgIpc) is 3.37. The van der Waals surface area contributed by atoms with E-state index in [4.69, 9.17) is 9.68 Å². The summed E-state index contributed by atoms with van der Waals surface area (Å²) in [4.78, 5) is 19.1. The van der Waals surface area contributed by atoms with Gasteiger partial charge in [0.05, 0.1) is 0 Å². The molecule has 0 amide bonds. The molecule has 0 saturated carbocycles. The van der Waals surface area contributed by atoms with Gasteiger partial charge in [-0.25, -0.2) is 0 Å². The number of rotatable bonds is 7. The van der Waals surface area contributed by atoms with Gasteiger partial charge in [0.15, 0.2) is 0 Å². The van der Waals surface area contributed by atoms with E-state index >= 15 is 0 Å². The van der Waals surface area contributed by atoms with E-state index in [1.165, 1.54) is 24.3 Å². The van der Waals surface area contributed by atoms with Gasteiger partial charge in [-0.05, 0) is 0 Å². The third-order valence-electron chi connectivity index (χ3n) is 4.50. The summed E-state index contributed by atoms with van der Waals surface area (Å²) in [5, 5.41) is 70.5. The Hall–Kier alpha value is -2.43. The van der Waals surface area contributed by atoms with Crippen molar-refractivity contribution in [2.75, 3.05) is 40.4 Å². The Balaban J connectivity index is 1.13. The minimum absolute atomic E-state index is 0.00691. The summed E-state index contributed by atoms with van der Waals surface area (Å²) in [6.07, 6.45) is 0. The van der Waals surface area contributed by atoms with E-state index in [1.807, 2.05) is 0 Å². The van der Waals surface area contributed by atoms with Crippen molar-refractivity contribution in [2.45, 2.75) is 4.11 Å². The van der Waals surface area contributed by atoms with E-state index in [0.717, 1.165) is 12.1 Å². The van der Waals surface area contributed by atoms with Crippen molar-refractivity contribution in [2.24, 2.45) is 0 Å². The molecule has 5 rings (SSSR count). The molecule has 174 valence electrons. The van der Waals surface area contributed by atoms with E-state index < -0.39 is 19.8 Å². The number of fused-ring (bicyclic) bond motifs is 2. The van der Waals surface area contributed by atoms with Crippen molar-refractivity contribution in [1.82, 2.24) is 0 Å². The third-order valence-corrected chi connectivity index (χ3v) is 9.01. The van der Waals surface area contributed by atoms with Gasteiger partial charge in [0.2, 0.25) is 0 Å². The first-order valence-electron chi connectivity index (χ1n) is 8.69. The van der Waals surface area contributed by atoms with Crippen molar-refractivity contribution in [3.8, 4) is 0 Å². The van der Waals surface area contributed by atoms with E-state index in [-0.39, 0.29) is 74.2 Å². The Kier molecular flexibility index (Phi) is 5.47. The van der Waals surface area contributed by atoms with E-state index in [1.54, 1.807) is 0 Å². The van der Waals surface area contributed by atoms with Crippen molar-refractivity contribution in [3.63, 3.8) is 0 Å². The Morgan fingerprint density at radius 3 is 1.88 bits per heavy atom. The molecule has 1 atom stereocenters. The molecule has 1 fully saturated rings. The Bertz CT molecular complexity index is 1020. The van der Waals surface area contributed by atoms with Crippen LogP contribution in [0.1, 0.15) is 0 Å². The fourth-order valence-corrected chi connectivity index (χ4v) is 7.06. The second kappa shape index (κ2) is 8.17. The van der Waals surface area contributed by atoms with Crippen molar-refractivity contribution in [3.05, 3.63) is 67.6 Å². The molecule has 2 aromatic rings. The van der Waals surface area contributed by atoms with E-state index in [9.17, 15) is 31.2 Å². The average molecular weight is 562 g/mol. The molecule has 16 nitrogen and oxygen atoms in total. The summed E-state index contributed by atoms with van der Waals surface area (Å²) < 4.78 is 0.282. The molecule has 32 heavy (non-hydrogen) atoms. The number of alkyl halides is 3. The number of halogens is 1. The van der Waals surface area contributed by atoms with Crippen LogP contribution < -0.4 is 31.4 Å². The molecule has 2 aromatic carbocycles. The Morgan fingerprint density at radius 2 is 1.31 bits per heavy atom. The predicted molar refractivity (Wildman–Crippen MR) is 120 cm³/mol. The SMILES string of the molecule is [O-]N(OCI1CC1ON([O-])c1ccc2c(c1)N([O-])ON2[O-])c1ccc2c(c1)N([O-])ON2[O-]. The van der Waals surface area contributed by atoms with Crippen LogP contribution >= 0.6 is 19.8 Å².